The second kappa shape index (κ2) is 13.0. The van der Waals surface area contributed by atoms with Gasteiger partial charge in [-0.3, -0.25) is 9.59 Å². The summed E-state index contributed by atoms with van der Waals surface area (Å²) in [4.78, 5) is 24.6. The number of hydrazone groups is 1. The summed E-state index contributed by atoms with van der Waals surface area (Å²) in [5.41, 5.74) is 4.18. The Labute approximate surface area is 208 Å². The van der Waals surface area contributed by atoms with Crippen molar-refractivity contribution in [1.29, 1.82) is 0 Å². The third-order valence-corrected chi connectivity index (χ3v) is 4.79. The molecule has 0 atom stereocenters. The van der Waals surface area contributed by atoms with Crippen molar-refractivity contribution in [2.75, 3.05) is 25.1 Å². The first-order valence-corrected chi connectivity index (χ1v) is 11.4. The minimum absolute atomic E-state index is 0.167. The van der Waals surface area contributed by atoms with Gasteiger partial charge in [0.25, 0.3) is 11.8 Å². The van der Waals surface area contributed by atoms with Crippen molar-refractivity contribution < 1.29 is 23.8 Å². The Bertz CT molecular complexity index is 1180. The number of carbonyl (C=O) groups is 2. The Balaban J connectivity index is 1.54. The van der Waals surface area contributed by atoms with Gasteiger partial charge in [-0.2, -0.15) is 5.10 Å². The van der Waals surface area contributed by atoms with Gasteiger partial charge in [-0.1, -0.05) is 23.7 Å². The number of rotatable bonds is 11. The first kappa shape index (κ1) is 25.6. The molecule has 0 saturated carbocycles. The first-order valence-electron chi connectivity index (χ1n) is 11.0. The van der Waals surface area contributed by atoms with E-state index in [0.717, 1.165) is 0 Å². The third kappa shape index (κ3) is 8.04. The van der Waals surface area contributed by atoms with Gasteiger partial charge in [0.05, 0.1) is 19.4 Å². The summed E-state index contributed by atoms with van der Waals surface area (Å²) in [5, 5.41) is 7.32. The van der Waals surface area contributed by atoms with Gasteiger partial charge in [-0.25, -0.2) is 5.43 Å². The molecule has 8 nitrogen and oxygen atoms in total. The van der Waals surface area contributed by atoms with Crippen molar-refractivity contribution in [2.24, 2.45) is 5.10 Å². The number of hydrogen-bond donors (Lipinski definition) is 2. The van der Waals surface area contributed by atoms with Gasteiger partial charge in [0.2, 0.25) is 0 Å². The average Bonchev–Trinajstić information content (AvgIpc) is 2.86. The molecule has 0 saturated heterocycles. The van der Waals surface area contributed by atoms with E-state index in [2.05, 4.69) is 15.8 Å². The van der Waals surface area contributed by atoms with Crippen LogP contribution >= 0.6 is 11.6 Å². The highest BCUT2D eigenvalue weighted by Gasteiger charge is 2.11. The Kier molecular flexibility index (Phi) is 9.50. The van der Waals surface area contributed by atoms with Gasteiger partial charge in [0.15, 0.2) is 18.1 Å². The fraction of sp³-hybridized carbons (Fsp3) is 0.192. The molecule has 3 rings (SSSR count). The molecule has 182 valence electrons. The van der Waals surface area contributed by atoms with Crippen molar-refractivity contribution >= 4 is 35.3 Å². The molecule has 0 aliphatic heterocycles. The van der Waals surface area contributed by atoms with Gasteiger partial charge in [0.1, 0.15) is 5.75 Å². The van der Waals surface area contributed by atoms with Gasteiger partial charge in [0, 0.05) is 16.3 Å². The molecule has 2 amide bonds. The maximum Gasteiger partial charge on any atom is 0.271 e. The van der Waals surface area contributed by atoms with Crippen molar-refractivity contribution in [3.8, 4) is 17.2 Å². The number of halogens is 1. The maximum absolute atomic E-state index is 12.5. The van der Waals surface area contributed by atoms with Crippen LogP contribution in [0, 0.1) is 0 Å². The molecule has 0 aromatic heterocycles. The SMILES string of the molecule is CCOc1ccc(C(=O)N/N=C/c2cccc(OCC(=O)Nc3ccc(Cl)cc3)c2)cc1OCC. The van der Waals surface area contributed by atoms with Crippen LogP contribution in [0.25, 0.3) is 0 Å². The molecule has 0 unspecified atom stereocenters. The zero-order valence-corrected chi connectivity index (χ0v) is 20.2. The van der Waals surface area contributed by atoms with Crippen LogP contribution in [0.15, 0.2) is 71.8 Å². The van der Waals surface area contributed by atoms with Crippen LogP contribution < -0.4 is 25.0 Å². The lowest BCUT2D eigenvalue weighted by Gasteiger charge is -2.11. The molecule has 0 bridgehead atoms. The quantitative estimate of drug-likeness (QED) is 0.290. The Morgan fingerprint density at radius 1 is 0.914 bits per heavy atom. The standard InChI is InChI=1S/C26H26ClN3O5/c1-3-33-23-13-8-19(15-24(23)34-4-2)26(32)30-28-16-18-6-5-7-22(14-18)35-17-25(31)29-21-11-9-20(27)10-12-21/h5-16H,3-4,17H2,1-2H3,(H,29,31)(H,30,32)/b28-16+. The third-order valence-electron chi connectivity index (χ3n) is 4.54. The van der Waals surface area contributed by atoms with Crippen molar-refractivity contribution in [3.63, 3.8) is 0 Å². The highest BCUT2D eigenvalue weighted by molar-refractivity contribution is 6.30. The minimum atomic E-state index is -0.392. The summed E-state index contributed by atoms with van der Waals surface area (Å²) in [6.45, 7) is 4.51. The molecule has 0 heterocycles. The molecule has 9 heteroatoms. The van der Waals surface area contributed by atoms with Gasteiger partial charge >= 0.3 is 0 Å². The molecular weight excluding hydrogens is 470 g/mol. The van der Waals surface area contributed by atoms with Crippen LogP contribution in [-0.2, 0) is 4.79 Å². The van der Waals surface area contributed by atoms with E-state index in [9.17, 15) is 9.59 Å². The number of ether oxygens (including phenoxy) is 3. The number of anilines is 1. The first-order chi connectivity index (χ1) is 17.0. The van der Waals surface area contributed by atoms with Gasteiger partial charge < -0.3 is 19.5 Å². The molecule has 3 aromatic rings. The van der Waals surface area contributed by atoms with E-state index < -0.39 is 5.91 Å². The topological polar surface area (TPSA) is 98.3 Å². The molecule has 35 heavy (non-hydrogen) atoms. The molecule has 0 aliphatic carbocycles. The molecule has 2 N–H and O–H groups in total. The lowest BCUT2D eigenvalue weighted by molar-refractivity contribution is -0.118. The predicted molar refractivity (Wildman–Crippen MR) is 136 cm³/mol. The lowest BCUT2D eigenvalue weighted by atomic mass is 10.2. The van der Waals surface area contributed by atoms with Gasteiger partial charge in [-0.05, 0) is 74.0 Å². The zero-order valence-electron chi connectivity index (χ0n) is 19.4. The smallest absolute Gasteiger partial charge is 0.271 e. The van der Waals surface area contributed by atoms with Crippen molar-refractivity contribution in [3.05, 3.63) is 82.9 Å². The average molecular weight is 496 g/mol. The van der Waals surface area contributed by atoms with Crippen LogP contribution in [0.1, 0.15) is 29.8 Å². The second-order valence-electron chi connectivity index (χ2n) is 7.14. The van der Waals surface area contributed by atoms with Crippen LogP contribution in [0.2, 0.25) is 5.02 Å². The minimum Gasteiger partial charge on any atom is -0.490 e. The zero-order chi connectivity index (χ0) is 25.0. The monoisotopic (exact) mass is 495 g/mol. The van der Waals surface area contributed by atoms with Crippen LogP contribution in [-0.4, -0.2) is 37.8 Å². The maximum atomic E-state index is 12.5. The summed E-state index contributed by atoms with van der Waals surface area (Å²) in [6.07, 6.45) is 1.48. The Hall–Kier alpha value is -4.04. The normalized spacial score (nSPS) is 10.6. The highest BCUT2D eigenvalue weighted by Crippen LogP contribution is 2.28. The molecule has 0 radical (unpaired) electrons. The number of nitrogens with one attached hydrogen (secondary N) is 2. The number of amides is 2. The summed E-state index contributed by atoms with van der Waals surface area (Å²) in [7, 11) is 0. The van der Waals surface area contributed by atoms with Crippen LogP contribution in [0.3, 0.4) is 0 Å². The summed E-state index contributed by atoms with van der Waals surface area (Å²) < 4.78 is 16.6. The molecule has 0 fully saturated rings. The van der Waals surface area contributed by atoms with E-state index in [-0.39, 0.29) is 12.5 Å². The fourth-order valence-electron chi connectivity index (χ4n) is 2.99. The second-order valence-corrected chi connectivity index (χ2v) is 7.58. The fourth-order valence-corrected chi connectivity index (χ4v) is 3.11. The lowest BCUT2D eigenvalue weighted by Crippen LogP contribution is -2.20. The van der Waals surface area contributed by atoms with E-state index in [1.165, 1.54) is 6.21 Å². The molecule has 3 aromatic carbocycles. The van der Waals surface area contributed by atoms with E-state index in [1.807, 2.05) is 13.8 Å². The largest absolute Gasteiger partial charge is 0.490 e. The van der Waals surface area contributed by atoms with Gasteiger partial charge in [-0.15, -0.1) is 0 Å². The summed E-state index contributed by atoms with van der Waals surface area (Å²) in [6, 6.07) is 18.7. The Morgan fingerprint density at radius 3 is 2.40 bits per heavy atom. The van der Waals surface area contributed by atoms with E-state index in [1.54, 1.807) is 66.7 Å². The highest BCUT2D eigenvalue weighted by atomic mass is 35.5. The van der Waals surface area contributed by atoms with Crippen LogP contribution in [0.4, 0.5) is 5.69 Å². The molecule has 0 aliphatic rings. The number of nitrogens with zero attached hydrogens (tertiary/aromatic N) is 1. The van der Waals surface area contributed by atoms with Crippen LogP contribution in [0.5, 0.6) is 17.2 Å². The Morgan fingerprint density at radius 2 is 1.66 bits per heavy atom. The van der Waals surface area contributed by atoms with E-state index in [4.69, 9.17) is 25.8 Å². The molecule has 0 spiro atoms. The van der Waals surface area contributed by atoms with E-state index in [0.29, 0.717) is 52.3 Å². The summed E-state index contributed by atoms with van der Waals surface area (Å²) in [5.74, 6) is 0.861. The number of benzene rings is 3. The van der Waals surface area contributed by atoms with Crippen molar-refractivity contribution in [1.82, 2.24) is 5.43 Å². The molecular formula is C26H26ClN3O5. The number of hydrogen-bond acceptors (Lipinski definition) is 6. The summed E-state index contributed by atoms with van der Waals surface area (Å²) >= 11 is 5.84. The number of carbonyl (C=O) groups excluding carboxylic acids is 2. The predicted octanol–water partition coefficient (Wildman–Crippen LogP) is 4.92. The van der Waals surface area contributed by atoms with Crippen molar-refractivity contribution in [2.45, 2.75) is 13.8 Å². The van der Waals surface area contributed by atoms with E-state index >= 15 is 0 Å².